The summed E-state index contributed by atoms with van der Waals surface area (Å²) in [5.41, 5.74) is 5.36. The molecule has 0 aromatic heterocycles. The fourth-order valence-electron chi connectivity index (χ4n) is 5.03. The molecule has 1 N–H and O–H groups in total. The van der Waals surface area contributed by atoms with Crippen molar-refractivity contribution < 1.29 is 19.4 Å². The number of benzene rings is 3. The number of piperazine rings is 1. The van der Waals surface area contributed by atoms with Gasteiger partial charge >= 0.3 is 12.1 Å². The lowest BCUT2D eigenvalue weighted by Gasteiger charge is -2.37. The van der Waals surface area contributed by atoms with Crippen molar-refractivity contribution in [1.82, 2.24) is 9.80 Å². The molecule has 1 atom stereocenters. The van der Waals surface area contributed by atoms with Crippen LogP contribution in [0.15, 0.2) is 72.8 Å². The molecular formula is C27H25ClN2O4. The third-order valence-corrected chi connectivity index (χ3v) is 6.91. The minimum atomic E-state index is -0.933. The van der Waals surface area contributed by atoms with Gasteiger partial charge < -0.3 is 14.7 Å². The van der Waals surface area contributed by atoms with Gasteiger partial charge in [-0.25, -0.2) is 4.79 Å². The predicted octanol–water partition coefficient (Wildman–Crippen LogP) is 5.03. The second-order valence-electron chi connectivity index (χ2n) is 8.62. The van der Waals surface area contributed by atoms with Crippen LogP contribution in [0.4, 0.5) is 4.79 Å². The van der Waals surface area contributed by atoms with E-state index in [0.29, 0.717) is 36.8 Å². The highest BCUT2D eigenvalue weighted by Gasteiger charge is 2.33. The number of carboxylic acid groups (broad SMARTS) is 1. The summed E-state index contributed by atoms with van der Waals surface area (Å²) in [5, 5.41) is 10.3. The fourth-order valence-corrected chi connectivity index (χ4v) is 5.23. The van der Waals surface area contributed by atoms with Gasteiger partial charge in [-0.15, -0.1) is 0 Å². The Morgan fingerprint density at radius 1 is 0.912 bits per heavy atom. The van der Waals surface area contributed by atoms with E-state index in [1.54, 1.807) is 29.2 Å². The minimum Gasteiger partial charge on any atom is -0.480 e. The molecule has 1 heterocycles. The van der Waals surface area contributed by atoms with Crippen LogP contribution in [-0.4, -0.2) is 59.8 Å². The van der Waals surface area contributed by atoms with Crippen molar-refractivity contribution in [2.75, 3.05) is 32.8 Å². The topological polar surface area (TPSA) is 70.1 Å². The molecule has 1 fully saturated rings. The van der Waals surface area contributed by atoms with E-state index < -0.39 is 12.0 Å². The molecule has 3 aromatic rings. The zero-order chi connectivity index (χ0) is 23.7. The van der Waals surface area contributed by atoms with Crippen LogP contribution < -0.4 is 0 Å². The van der Waals surface area contributed by atoms with Crippen molar-refractivity contribution in [3.05, 3.63) is 94.5 Å². The van der Waals surface area contributed by atoms with Crippen molar-refractivity contribution in [3.8, 4) is 11.1 Å². The number of carbonyl (C=O) groups excluding carboxylic acids is 1. The third-order valence-electron chi connectivity index (χ3n) is 6.67. The van der Waals surface area contributed by atoms with Gasteiger partial charge in [0.25, 0.3) is 0 Å². The number of ether oxygens (including phenoxy) is 1. The van der Waals surface area contributed by atoms with Gasteiger partial charge in [0.2, 0.25) is 0 Å². The average molecular weight is 477 g/mol. The van der Waals surface area contributed by atoms with E-state index in [1.807, 2.05) is 29.2 Å². The van der Waals surface area contributed by atoms with Gasteiger partial charge in [0, 0.05) is 37.1 Å². The van der Waals surface area contributed by atoms with Crippen LogP contribution in [0.2, 0.25) is 5.02 Å². The van der Waals surface area contributed by atoms with Gasteiger partial charge in [-0.1, -0.05) is 72.3 Å². The molecule has 34 heavy (non-hydrogen) atoms. The molecule has 174 valence electrons. The predicted molar refractivity (Wildman–Crippen MR) is 130 cm³/mol. The summed E-state index contributed by atoms with van der Waals surface area (Å²) < 4.78 is 5.76. The Hall–Kier alpha value is -3.35. The highest BCUT2D eigenvalue weighted by Crippen LogP contribution is 2.44. The molecule has 0 spiro atoms. The summed E-state index contributed by atoms with van der Waals surface area (Å²) in [6.07, 6.45) is -0.365. The number of hydrogen-bond acceptors (Lipinski definition) is 4. The van der Waals surface area contributed by atoms with Crippen LogP contribution >= 0.6 is 11.6 Å². The summed E-state index contributed by atoms with van der Waals surface area (Å²) in [5.74, 6) is -0.922. The Labute approximate surface area is 203 Å². The normalized spacial score (nSPS) is 16.6. The fraction of sp³-hybridized carbons (Fsp3) is 0.259. The molecular weight excluding hydrogens is 452 g/mol. The monoisotopic (exact) mass is 476 g/mol. The second kappa shape index (κ2) is 9.49. The number of carboxylic acids is 1. The first-order valence-electron chi connectivity index (χ1n) is 11.3. The lowest BCUT2D eigenvalue weighted by atomic mass is 9.98. The molecule has 0 saturated carbocycles. The highest BCUT2D eigenvalue weighted by atomic mass is 35.5. The lowest BCUT2D eigenvalue weighted by Crippen LogP contribution is -2.51. The van der Waals surface area contributed by atoms with E-state index in [0.717, 1.165) is 0 Å². The second-order valence-corrected chi connectivity index (χ2v) is 9.06. The molecule has 1 unspecified atom stereocenters. The highest BCUT2D eigenvalue weighted by molar-refractivity contribution is 6.30. The lowest BCUT2D eigenvalue weighted by molar-refractivity contribution is -0.144. The zero-order valence-electron chi connectivity index (χ0n) is 18.6. The molecule has 1 saturated heterocycles. The summed E-state index contributed by atoms with van der Waals surface area (Å²) in [7, 11) is 0. The maximum Gasteiger partial charge on any atom is 0.409 e. The van der Waals surface area contributed by atoms with Gasteiger partial charge in [0.15, 0.2) is 0 Å². The van der Waals surface area contributed by atoms with Crippen molar-refractivity contribution in [2.45, 2.75) is 12.0 Å². The zero-order valence-corrected chi connectivity index (χ0v) is 19.3. The van der Waals surface area contributed by atoms with Crippen LogP contribution in [0, 0.1) is 0 Å². The molecule has 3 aromatic carbocycles. The van der Waals surface area contributed by atoms with E-state index in [1.165, 1.54) is 22.3 Å². The number of fused-ring (bicyclic) bond motifs is 3. The van der Waals surface area contributed by atoms with Crippen LogP contribution in [0.5, 0.6) is 0 Å². The van der Waals surface area contributed by atoms with Gasteiger partial charge in [0.1, 0.15) is 12.6 Å². The summed E-state index contributed by atoms with van der Waals surface area (Å²) in [6, 6.07) is 22.6. The Bertz CT molecular complexity index is 1180. The first-order valence-corrected chi connectivity index (χ1v) is 11.7. The number of aliphatic carboxylic acids is 1. The van der Waals surface area contributed by atoms with Crippen molar-refractivity contribution in [3.63, 3.8) is 0 Å². The Morgan fingerprint density at radius 2 is 1.53 bits per heavy atom. The third kappa shape index (κ3) is 4.27. The molecule has 0 bridgehead atoms. The van der Waals surface area contributed by atoms with Crippen LogP contribution in [0.25, 0.3) is 11.1 Å². The number of rotatable bonds is 5. The summed E-state index contributed by atoms with van der Waals surface area (Å²) in [6.45, 7) is 1.96. The van der Waals surface area contributed by atoms with Crippen LogP contribution in [-0.2, 0) is 9.53 Å². The number of nitrogens with zero attached hydrogens (tertiary/aromatic N) is 2. The number of hydrogen-bond donors (Lipinski definition) is 1. The maximum atomic E-state index is 12.9. The molecule has 0 radical (unpaired) electrons. The maximum absolute atomic E-state index is 12.9. The summed E-state index contributed by atoms with van der Waals surface area (Å²) >= 11 is 6.07. The quantitative estimate of drug-likeness (QED) is 0.559. The largest absolute Gasteiger partial charge is 0.480 e. The first-order chi connectivity index (χ1) is 16.5. The SMILES string of the molecule is O=C(O)C(c1cccc(Cl)c1)N1CCN(C(=O)OCC2c3ccccc3-c3ccccc32)CC1. The molecule has 7 heteroatoms. The Kier molecular flexibility index (Phi) is 6.26. The number of carbonyl (C=O) groups is 2. The average Bonchev–Trinajstić information content (AvgIpc) is 3.17. The molecule has 5 rings (SSSR count). The van der Waals surface area contributed by atoms with E-state index >= 15 is 0 Å². The van der Waals surface area contributed by atoms with E-state index in [-0.39, 0.29) is 18.6 Å². The van der Waals surface area contributed by atoms with E-state index in [9.17, 15) is 14.7 Å². The van der Waals surface area contributed by atoms with E-state index in [4.69, 9.17) is 16.3 Å². The van der Waals surface area contributed by atoms with Crippen molar-refractivity contribution in [2.24, 2.45) is 0 Å². The Morgan fingerprint density at radius 3 is 2.12 bits per heavy atom. The molecule has 6 nitrogen and oxygen atoms in total. The van der Waals surface area contributed by atoms with Crippen molar-refractivity contribution in [1.29, 1.82) is 0 Å². The van der Waals surface area contributed by atoms with E-state index in [2.05, 4.69) is 24.3 Å². The van der Waals surface area contributed by atoms with Gasteiger partial charge in [-0.3, -0.25) is 9.69 Å². The van der Waals surface area contributed by atoms with Crippen LogP contribution in [0.3, 0.4) is 0 Å². The minimum absolute atomic E-state index is 0.0110. The Balaban J connectivity index is 1.22. The van der Waals surface area contributed by atoms with Crippen LogP contribution in [0.1, 0.15) is 28.7 Å². The van der Waals surface area contributed by atoms with Gasteiger partial charge in [-0.05, 0) is 39.9 Å². The number of amides is 1. The summed E-state index contributed by atoms with van der Waals surface area (Å²) in [4.78, 5) is 28.4. The molecule has 2 aliphatic rings. The smallest absolute Gasteiger partial charge is 0.409 e. The molecule has 1 aliphatic carbocycles. The van der Waals surface area contributed by atoms with Gasteiger partial charge in [-0.2, -0.15) is 0 Å². The van der Waals surface area contributed by atoms with Crippen molar-refractivity contribution >= 4 is 23.7 Å². The van der Waals surface area contributed by atoms with Gasteiger partial charge in [0.05, 0.1) is 0 Å². The first kappa shape index (κ1) is 22.4. The molecule has 1 aliphatic heterocycles. The molecule has 1 amide bonds. The standard InChI is InChI=1S/C27H25ClN2O4/c28-19-7-5-6-18(16-19)25(26(31)32)29-12-14-30(15-13-29)27(33)34-17-24-22-10-3-1-8-20(22)21-9-2-4-11-23(21)24/h1-11,16,24-25H,12-15,17H2,(H,31,32). The number of halogens is 1.